The predicted octanol–water partition coefficient (Wildman–Crippen LogP) is 2.04. The molecule has 0 unspecified atom stereocenters. The number of benzene rings is 1. The Kier molecular flexibility index (Phi) is 4.29. The van der Waals surface area contributed by atoms with Crippen LogP contribution in [-0.2, 0) is 0 Å². The van der Waals surface area contributed by atoms with Crippen LogP contribution in [0.25, 0.3) is 0 Å². The smallest absolute Gasteiger partial charge is 0.320 e. The van der Waals surface area contributed by atoms with Crippen molar-refractivity contribution in [1.82, 2.24) is 20.4 Å². The average molecular weight is 297 g/mol. The number of hydrogen-bond donors (Lipinski definition) is 2. The van der Waals surface area contributed by atoms with E-state index in [0.29, 0.717) is 5.82 Å². The van der Waals surface area contributed by atoms with Crippen LogP contribution < -0.4 is 10.6 Å². The van der Waals surface area contributed by atoms with Gasteiger partial charge in [0.1, 0.15) is 0 Å². The standard InChI is InChI=1S/C16H19N5O/c1-21-11-9-13(15(21)12-6-3-2-4-7-12)18-16(22)19-14-8-5-10-17-20-14/h2-8,10,13,15H,9,11H2,1H3,(H2,18,19,20,22)/t13-,15-/m0/s1. The van der Waals surface area contributed by atoms with Gasteiger partial charge in [0, 0.05) is 12.7 Å². The quantitative estimate of drug-likeness (QED) is 0.909. The fourth-order valence-corrected chi connectivity index (χ4v) is 2.92. The summed E-state index contributed by atoms with van der Waals surface area (Å²) >= 11 is 0. The van der Waals surface area contributed by atoms with Crippen LogP contribution in [0.5, 0.6) is 0 Å². The molecule has 1 aliphatic heterocycles. The Hall–Kier alpha value is -2.47. The molecule has 2 heterocycles. The summed E-state index contributed by atoms with van der Waals surface area (Å²) in [5.74, 6) is 0.447. The second-order valence-corrected chi connectivity index (χ2v) is 5.44. The van der Waals surface area contributed by atoms with Gasteiger partial charge >= 0.3 is 6.03 Å². The average Bonchev–Trinajstić information content (AvgIpc) is 2.89. The van der Waals surface area contributed by atoms with Crippen LogP contribution >= 0.6 is 0 Å². The molecule has 0 bridgehead atoms. The number of carbonyl (C=O) groups excluding carboxylic acids is 1. The zero-order chi connectivity index (χ0) is 15.4. The minimum atomic E-state index is -0.248. The maximum Gasteiger partial charge on any atom is 0.320 e. The summed E-state index contributed by atoms with van der Waals surface area (Å²) in [6.45, 7) is 0.954. The molecular formula is C16H19N5O. The van der Waals surface area contributed by atoms with E-state index in [-0.39, 0.29) is 18.1 Å². The third-order valence-electron chi connectivity index (χ3n) is 3.92. The Labute approximate surface area is 129 Å². The van der Waals surface area contributed by atoms with Crippen LogP contribution in [-0.4, -0.2) is 40.8 Å². The van der Waals surface area contributed by atoms with E-state index in [1.165, 1.54) is 5.56 Å². The van der Waals surface area contributed by atoms with Crippen molar-refractivity contribution in [1.29, 1.82) is 0 Å². The normalized spacial score (nSPS) is 21.5. The highest BCUT2D eigenvalue weighted by molar-refractivity contribution is 5.88. The van der Waals surface area contributed by atoms with E-state index in [4.69, 9.17) is 0 Å². The molecular weight excluding hydrogens is 278 g/mol. The van der Waals surface area contributed by atoms with Crippen molar-refractivity contribution in [3.05, 3.63) is 54.2 Å². The summed E-state index contributed by atoms with van der Waals surface area (Å²) in [6, 6.07) is 13.7. The molecule has 2 atom stereocenters. The van der Waals surface area contributed by atoms with Gasteiger partial charge in [-0.3, -0.25) is 10.2 Å². The van der Waals surface area contributed by atoms with E-state index in [2.05, 4.69) is 44.9 Å². The SMILES string of the molecule is CN1CC[C@H](NC(=O)Nc2cccnn2)[C@@H]1c1ccccc1. The van der Waals surface area contributed by atoms with Crippen molar-refractivity contribution in [2.75, 3.05) is 18.9 Å². The molecule has 0 saturated carbocycles. The van der Waals surface area contributed by atoms with Crippen molar-refractivity contribution in [2.24, 2.45) is 0 Å². The number of carbonyl (C=O) groups is 1. The molecule has 1 aromatic heterocycles. The summed E-state index contributed by atoms with van der Waals surface area (Å²) in [5, 5.41) is 13.4. The molecule has 1 saturated heterocycles. The van der Waals surface area contributed by atoms with Gasteiger partial charge in [0.15, 0.2) is 5.82 Å². The van der Waals surface area contributed by atoms with Crippen molar-refractivity contribution >= 4 is 11.8 Å². The van der Waals surface area contributed by atoms with Crippen molar-refractivity contribution in [3.63, 3.8) is 0 Å². The van der Waals surface area contributed by atoms with Gasteiger partial charge in [-0.05, 0) is 31.2 Å². The topological polar surface area (TPSA) is 70.2 Å². The minimum absolute atomic E-state index is 0.0732. The lowest BCUT2D eigenvalue weighted by Crippen LogP contribution is -2.41. The number of nitrogens with one attached hydrogen (secondary N) is 2. The summed E-state index contributed by atoms with van der Waals surface area (Å²) in [7, 11) is 2.08. The first-order valence-corrected chi connectivity index (χ1v) is 7.34. The van der Waals surface area contributed by atoms with Crippen molar-refractivity contribution in [3.8, 4) is 0 Å². The van der Waals surface area contributed by atoms with Crippen molar-refractivity contribution < 1.29 is 4.79 Å². The van der Waals surface area contributed by atoms with Crippen molar-refractivity contribution in [2.45, 2.75) is 18.5 Å². The number of nitrogens with zero attached hydrogens (tertiary/aromatic N) is 3. The second-order valence-electron chi connectivity index (χ2n) is 5.44. The van der Waals surface area contributed by atoms with Gasteiger partial charge in [-0.1, -0.05) is 30.3 Å². The highest BCUT2D eigenvalue weighted by Crippen LogP contribution is 2.30. The Bertz CT molecular complexity index is 619. The molecule has 0 aliphatic carbocycles. The fourth-order valence-electron chi connectivity index (χ4n) is 2.92. The van der Waals surface area contributed by atoms with E-state index in [1.54, 1.807) is 18.3 Å². The number of hydrogen-bond acceptors (Lipinski definition) is 4. The van der Waals surface area contributed by atoms with Gasteiger partial charge in [-0.25, -0.2) is 4.79 Å². The lowest BCUT2D eigenvalue weighted by Gasteiger charge is -2.26. The lowest BCUT2D eigenvalue weighted by molar-refractivity contribution is 0.240. The molecule has 6 heteroatoms. The van der Waals surface area contributed by atoms with Gasteiger partial charge in [0.05, 0.1) is 12.1 Å². The summed E-state index contributed by atoms with van der Waals surface area (Å²) in [6.07, 6.45) is 2.49. The maximum atomic E-state index is 12.1. The molecule has 6 nitrogen and oxygen atoms in total. The molecule has 2 aromatic rings. The predicted molar refractivity (Wildman–Crippen MR) is 84.4 cm³/mol. The fraction of sp³-hybridized carbons (Fsp3) is 0.312. The first-order chi connectivity index (χ1) is 10.7. The van der Waals surface area contributed by atoms with E-state index >= 15 is 0 Å². The number of likely N-dealkylation sites (N-methyl/N-ethyl adjacent to an activating group) is 1. The molecule has 3 rings (SSSR count). The summed E-state index contributed by atoms with van der Waals surface area (Å²) in [5.41, 5.74) is 1.22. The molecule has 1 aliphatic rings. The Morgan fingerprint density at radius 2 is 2.05 bits per heavy atom. The third-order valence-corrected chi connectivity index (χ3v) is 3.92. The highest BCUT2D eigenvalue weighted by Gasteiger charge is 2.33. The van der Waals surface area contributed by atoms with Crippen LogP contribution in [0.3, 0.4) is 0 Å². The molecule has 22 heavy (non-hydrogen) atoms. The largest absolute Gasteiger partial charge is 0.333 e. The highest BCUT2D eigenvalue weighted by atomic mass is 16.2. The zero-order valence-corrected chi connectivity index (χ0v) is 12.4. The molecule has 0 spiro atoms. The molecule has 1 aromatic carbocycles. The first-order valence-electron chi connectivity index (χ1n) is 7.34. The van der Waals surface area contributed by atoms with E-state index in [9.17, 15) is 4.79 Å². The van der Waals surface area contributed by atoms with Gasteiger partial charge in [0.25, 0.3) is 0 Å². The number of anilines is 1. The number of likely N-dealkylation sites (tertiary alicyclic amines) is 1. The second kappa shape index (κ2) is 6.53. The van der Waals surface area contributed by atoms with Crippen LogP contribution in [0, 0.1) is 0 Å². The van der Waals surface area contributed by atoms with E-state index in [1.807, 2.05) is 18.2 Å². The number of rotatable bonds is 3. The van der Waals surface area contributed by atoms with Gasteiger partial charge in [-0.2, -0.15) is 5.10 Å². The summed E-state index contributed by atoms with van der Waals surface area (Å²) < 4.78 is 0. The molecule has 1 fully saturated rings. The maximum absolute atomic E-state index is 12.1. The molecule has 0 radical (unpaired) electrons. The van der Waals surface area contributed by atoms with Crippen LogP contribution in [0.2, 0.25) is 0 Å². The Morgan fingerprint density at radius 1 is 1.23 bits per heavy atom. The summed E-state index contributed by atoms with van der Waals surface area (Å²) in [4.78, 5) is 14.4. The van der Waals surface area contributed by atoms with Crippen LogP contribution in [0.4, 0.5) is 10.6 Å². The monoisotopic (exact) mass is 297 g/mol. The molecule has 2 amide bonds. The van der Waals surface area contributed by atoms with E-state index in [0.717, 1.165) is 13.0 Å². The minimum Gasteiger partial charge on any atom is -0.333 e. The zero-order valence-electron chi connectivity index (χ0n) is 12.4. The van der Waals surface area contributed by atoms with Gasteiger partial charge in [0.2, 0.25) is 0 Å². The van der Waals surface area contributed by atoms with Gasteiger partial charge in [-0.15, -0.1) is 5.10 Å². The van der Waals surface area contributed by atoms with Crippen LogP contribution in [0.15, 0.2) is 48.7 Å². The number of amides is 2. The number of aromatic nitrogens is 2. The molecule has 2 N–H and O–H groups in total. The Morgan fingerprint density at radius 3 is 2.77 bits per heavy atom. The Balaban J connectivity index is 1.67. The van der Waals surface area contributed by atoms with Crippen LogP contribution in [0.1, 0.15) is 18.0 Å². The van der Waals surface area contributed by atoms with E-state index < -0.39 is 0 Å². The number of urea groups is 1. The lowest BCUT2D eigenvalue weighted by atomic mass is 10.0. The van der Waals surface area contributed by atoms with Gasteiger partial charge < -0.3 is 5.32 Å². The molecule has 114 valence electrons. The third kappa shape index (κ3) is 3.23. The first kappa shape index (κ1) is 14.5.